The van der Waals surface area contributed by atoms with Gasteiger partial charge in [0.25, 0.3) is 0 Å². The van der Waals surface area contributed by atoms with Crippen LogP contribution < -0.4 is 0 Å². The monoisotopic (exact) mass is 368 g/mol. The van der Waals surface area contributed by atoms with E-state index in [1.54, 1.807) is 6.20 Å². The summed E-state index contributed by atoms with van der Waals surface area (Å²) in [5.41, 5.74) is 1.09. The highest BCUT2D eigenvalue weighted by Gasteiger charge is 2.37. The lowest BCUT2D eigenvalue weighted by atomic mass is 9.85. The first-order chi connectivity index (χ1) is 13.3. The molecular formula is C21H28N4O2. The van der Waals surface area contributed by atoms with Crippen molar-refractivity contribution in [3.8, 4) is 0 Å². The van der Waals surface area contributed by atoms with Crippen LogP contribution in [0.15, 0.2) is 49.1 Å². The summed E-state index contributed by atoms with van der Waals surface area (Å²) in [5.74, 6) is 0.270. The Labute approximate surface area is 160 Å². The fourth-order valence-electron chi connectivity index (χ4n) is 4.23. The average molecular weight is 368 g/mol. The van der Waals surface area contributed by atoms with E-state index in [0.717, 1.165) is 58.8 Å². The predicted octanol–water partition coefficient (Wildman–Crippen LogP) is 2.12. The van der Waals surface area contributed by atoms with Gasteiger partial charge in [-0.25, -0.2) is 0 Å². The summed E-state index contributed by atoms with van der Waals surface area (Å²) in [6.07, 6.45) is 10.3. The van der Waals surface area contributed by atoms with E-state index in [4.69, 9.17) is 4.74 Å². The van der Waals surface area contributed by atoms with E-state index >= 15 is 0 Å². The number of hydrogen-bond donors (Lipinski definition) is 0. The van der Waals surface area contributed by atoms with Crippen LogP contribution in [0.4, 0.5) is 0 Å². The first kappa shape index (κ1) is 18.2. The average Bonchev–Trinajstić information content (AvgIpc) is 3.26. The molecule has 2 aromatic rings. The largest absolute Gasteiger partial charge is 0.381 e. The maximum atomic E-state index is 13.1. The number of nitrogens with zero attached hydrogens (tertiary/aromatic N) is 4. The maximum absolute atomic E-state index is 13.1. The molecule has 2 aliphatic rings. The molecule has 1 amide bonds. The number of carbonyl (C=O) groups is 1. The second kappa shape index (κ2) is 8.23. The highest BCUT2D eigenvalue weighted by Crippen LogP contribution is 2.33. The van der Waals surface area contributed by atoms with E-state index in [0.29, 0.717) is 6.42 Å². The van der Waals surface area contributed by atoms with Crippen molar-refractivity contribution in [3.63, 3.8) is 0 Å². The van der Waals surface area contributed by atoms with E-state index in [1.165, 1.54) is 5.56 Å². The van der Waals surface area contributed by atoms with Gasteiger partial charge in [0.2, 0.25) is 5.91 Å². The molecule has 0 spiro atoms. The van der Waals surface area contributed by atoms with Gasteiger partial charge in [-0.15, -0.1) is 0 Å². The Morgan fingerprint density at radius 3 is 2.48 bits per heavy atom. The zero-order valence-electron chi connectivity index (χ0n) is 15.8. The second-order valence-electron chi connectivity index (χ2n) is 7.62. The molecule has 0 bridgehead atoms. The van der Waals surface area contributed by atoms with Gasteiger partial charge >= 0.3 is 0 Å². The minimum absolute atomic E-state index is 0.133. The molecule has 0 radical (unpaired) electrons. The number of rotatable bonds is 5. The highest BCUT2D eigenvalue weighted by atomic mass is 16.5. The zero-order valence-corrected chi connectivity index (χ0v) is 15.8. The number of ether oxygens (including phenoxy) is 1. The summed E-state index contributed by atoms with van der Waals surface area (Å²) in [6.45, 7) is 5.80. The predicted molar refractivity (Wildman–Crippen MR) is 103 cm³/mol. The number of carbonyl (C=O) groups excluding carboxylic acids is 1. The maximum Gasteiger partial charge on any atom is 0.225 e. The molecule has 0 aliphatic carbocycles. The van der Waals surface area contributed by atoms with Gasteiger partial charge in [-0.05, 0) is 36.6 Å². The van der Waals surface area contributed by atoms with Crippen LogP contribution in [0.25, 0.3) is 0 Å². The van der Waals surface area contributed by atoms with Crippen molar-refractivity contribution < 1.29 is 9.53 Å². The van der Waals surface area contributed by atoms with E-state index in [2.05, 4.69) is 32.9 Å². The van der Waals surface area contributed by atoms with Gasteiger partial charge in [0.1, 0.15) is 0 Å². The van der Waals surface area contributed by atoms with Gasteiger partial charge in [-0.3, -0.25) is 14.7 Å². The SMILES string of the molecule is O=C(CC1(n2cccc2)CCOCC1)N1CCN(Cc2cccnc2)CC1. The first-order valence-electron chi connectivity index (χ1n) is 9.85. The van der Waals surface area contributed by atoms with Gasteiger partial charge in [-0.1, -0.05) is 6.07 Å². The third-order valence-corrected chi connectivity index (χ3v) is 5.91. The Morgan fingerprint density at radius 2 is 1.81 bits per heavy atom. The molecule has 2 fully saturated rings. The van der Waals surface area contributed by atoms with Gasteiger partial charge < -0.3 is 14.2 Å². The van der Waals surface area contributed by atoms with Crippen LogP contribution in [0.1, 0.15) is 24.8 Å². The molecule has 0 aromatic carbocycles. The number of piperazine rings is 1. The minimum atomic E-state index is -0.133. The molecule has 0 atom stereocenters. The second-order valence-corrected chi connectivity index (χ2v) is 7.62. The van der Waals surface area contributed by atoms with Crippen molar-refractivity contribution >= 4 is 5.91 Å². The third kappa shape index (κ3) is 4.22. The van der Waals surface area contributed by atoms with Crippen LogP contribution in [0.2, 0.25) is 0 Å². The normalized spacial score (nSPS) is 20.5. The molecule has 4 heterocycles. The van der Waals surface area contributed by atoms with E-state index < -0.39 is 0 Å². The molecule has 2 aliphatic heterocycles. The Bertz CT molecular complexity index is 718. The molecule has 0 unspecified atom stereocenters. The van der Waals surface area contributed by atoms with Gasteiger partial charge in [-0.2, -0.15) is 0 Å². The number of aromatic nitrogens is 2. The van der Waals surface area contributed by atoms with Crippen molar-refractivity contribution in [1.82, 2.24) is 19.4 Å². The smallest absolute Gasteiger partial charge is 0.225 e. The Morgan fingerprint density at radius 1 is 1.07 bits per heavy atom. The van der Waals surface area contributed by atoms with Gasteiger partial charge in [0.15, 0.2) is 0 Å². The molecule has 4 rings (SSSR count). The zero-order chi connectivity index (χ0) is 18.5. The summed E-state index contributed by atoms with van der Waals surface area (Å²) < 4.78 is 7.80. The number of pyridine rings is 1. The molecule has 2 aromatic heterocycles. The third-order valence-electron chi connectivity index (χ3n) is 5.91. The molecule has 144 valence electrons. The Hall–Kier alpha value is -2.18. The van der Waals surface area contributed by atoms with Crippen molar-refractivity contribution in [3.05, 3.63) is 54.6 Å². The van der Waals surface area contributed by atoms with Crippen LogP contribution in [0.5, 0.6) is 0 Å². The highest BCUT2D eigenvalue weighted by molar-refractivity contribution is 5.77. The standard InChI is InChI=1S/C21H28N4O2/c26-20(16-21(5-14-27-15-6-21)25-8-1-2-9-25)24-12-10-23(11-13-24)18-19-4-3-7-22-17-19/h1-4,7-9,17H,5-6,10-16,18H2. The topological polar surface area (TPSA) is 50.6 Å². The van der Waals surface area contributed by atoms with Crippen LogP contribution >= 0.6 is 0 Å². The van der Waals surface area contributed by atoms with Crippen LogP contribution in [-0.2, 0) is 21.6 Å². The molecule has 2 saturated heterocycles. The molecule has 0 saturated carbocycles. The van der Waals surface area contributed by atoms with Crippen LogP contribution in [0.3, 0.4) is 0 Å². The summed E-state index contributed by atoms with van der Waals surface area (Å²) in [6, 6.07) is 8.16. The molecule has 0 N–H and O–H groups in total. The van der Waals surface area contributed by atoms with Gasteiger partial charge in [0, 0.05) is 70.7 Å². The Balaban J connectivity index is 1.35. The van der Waals surface area contributed by atoms with Crippen molar-refractivity contribution in [2.45, 2.75) is 31.3 Å². The van der Waals surface area contributed by atoms with E-state index in [9.17, 15) is 4.79 Å². The van der Waals surface area contributed by atoms with E-state index in [1.807, 2.05) is 29.3 Å². The minimum Gasteiger partial charge on any atom is -0.381 e. The lowest BCUT2D eigenvalue weighted by Crippen LogP contribution is -2.51. The van der Waals surface area contributed by atoms with Crippen LogP contribution in [0, 0.1) is 0 Å². The first-order valence-corrected chi connectivity index (χ1v) is 9.85. The lowest BCUT2D eigenvalue weighted by molar-refractivity contribution is -0.136. The van der Waals surface area contributed by atoms with E-state index in [-0.39, 0.29) is 11.4 Å². The quantitative estimate of drug-likeness (QED) is 0.811. The fraction of sp³-hybridized carbons (Fsp3) is 0.524. The summed E-state index contributed by atoms with van der Waals surface area (Å²) in [5, 5.41) is 0. The summed E-state index contributed by atoms with van der Waals surface area (Å²) >= 11 is 0. The number of amides is 1. The van der Waals surface area contributed by atoms with Crippen LogP contribution in [-0.4, -0.2) is 64.7 Å². The Kier molecular flexibility index (Phi) is 5.55. The molecule has 6 nitrogen and oxygen atoms in total. The van der Waals surface area contributed by atoms with Gasteiger partial charge in [0.05, 0.1) is 12.0 Å². The molecular weight excluding hydrogens is 340 g/mol. The molecule has 6 heteroatoms. The lowest BCUT2D eigenvalue weighted by Gasteiger charge is -2.41. The molecule has 27 heavy (non-hydrogen) atoms. The summed E-state index contributed by atoms with van der Waals surface area (Å²) in [7, 11) is 0. The van der Waals surface area contributed by atoms with Crippen molar-refractivity contribution in [1.29, 1.82) is 0 Å². The number of hydrogen-bond acceptors (Lipinski definition) is 4. The summed E-state index contributed by atoms with van der Waals surface area (Å²) in [4.78, 5) is 21.7. The van der Waals surface area contributed by atoms with Crippen molar-refractivity contribution in [2.75, 3.05) is 39.4 Å². The van der Waals surface area contributed by atoms with Crippen molar-refractivity contribution in [2.24, 2.45) is 0 Å². The fourth-order valence-corrected chi connectivity index (χ4v) is 4.23.